The summed E-state index contributed by atoms with van der Waals surface area (Å²) >= 11 is 0. The second kappa shape index (κ2) is 6.96. The van der Waals surface area contributed by atoms with E-state index in [4.69, 9.17) is 0 Å². The minimum Gasteiger partial charge on any atom is -0.354 e. The molecule has 1 saturated heterocycles. The number of hydrogen-bond donors (Lipinski definition) is 1. The summed E-state index contributed by atoms with van der Waals surface area (Å²) in [5, 5.41) is 4.67. The number of carbonyl (C=O) groups excluding carboxylic acids is 2. The molecule has 1 aliphatic heterocycles. The highest BCUT2D eigenvalue weighted by Crippen LogP contribution is 2.28. The van der Waals surface area contributed by atoms with Gasteiger partial charge in [0.25, 0.3) is 5.91 Å². The topological polar surface area (TPSA) is 62.3 Å². The van der Waals surface area contributed by atoms with Crippen LogP contribution in [0.5, 0.6) is 0 Å². The zero-order chi connectivity index (χ0) is 17.9. The Bertz CT molecular complexity index is 950. The van der Waals surface area contributed by atoms with Crippen LogP contribution in [0.25, 0.3) is 10.8 Å². The average molecular weight is 345 g/mol. The van der Waals surface area contributed by atoms with Crippen molar-refractivity contribution in [2.24, 2.45) is 0 Å². The normalized spacial score (nSPS) is 17.6. The van der Waals surface area contributed by atoms with Crippen LogP contribution in [0.3, 0.4) is 0 Å². The van der Waals surface area contributed by atoms with E-state index in [2.05, 4.69) is 10.3 Å². The molecule has 1 aromatic heterocycles. The number of pyridine rings is 1. The van der Waals surface area contributed by atoms with E-state index in [9.17, 15) is 9.59 Å². The molecule has 130 valence electrons. The highest BCUT2D eigenvalue weighted by molar-refractivity contribution is 6.05. The fourth-order valence-electron chi connectivity index (χ4n) is 3.47. The van der Waals surface area contributed by atoms with Crippen LogP contribution in [0.4, 0.5) is 0 Å². The number of hydrogen-bond acceptors (Lipinski definition) is 3. The van der Waals surface area contributed by atoms with Crippen LogP contribution in [-0.4, -0.2) is 34.8 Å². The Hall–Kier alpha value is -3.21. The molecule has 0 spiro atoms. The van der Waals surface area contributed by atoms with Crippen molar-refractivity contribution in [2.75, 3.05) is 13.1 Å². The molecule has 2 aromatic carbocycles. The molecule has 0 aliphatic carbocycles. The van der Waals surface area contributed by atoms with E-state index in [1.807, 2.05) is 60.7 Å². The molecule has 1 fully saturated rings. The molecule has 1 unspecified atom stereocenters. The Morgan fingerprint density at radius 2 is 1.81 bits per heavy atom. The molecule has 2 heterocycles. The molecule has 0 saturated carbocycles. The third-order valence-electron chi connectivity index (χ3n) is 4.75. The lowest BCUT2D eigenvalue weighted by molar-refractivity contribution is -0.121. The van der Waals surface area contributed by atoms with Crippen molar-refractivity contribution in [1.82, 2.24) is 15.2 Å². The number of aromatic nitrogens is 1. The van der Waals surface area contributed by atoms with Gasteiger partial charge in [0, 0.05) is 24.7 Å². The quantitative estimate of drug-likeness (QED) is 0.777. The Kier molecular flexibility index (Phi) is 4.35. The SMILES string of the molecule is O=C1CC(c2ccccc2)N(C(=O)c2nccc3ccccc23)CCN1. The van der Waals surface area contributed by atoms with E-state index in [0.29, 0.717) is 18.8 Å². The van der Waals surface area contributed by atoms with Gasteiger partial charge in [0.1, 0.15) is 5.69 Å². The van der Waals surface area contributed by atoms with Gasteiger partial charge in [0.05, 0.1) is 12.5 Å². The lowest BCUT2D eigenvalue weighted by Crippen LogP contribution is -2.37. The third-order valence-corrected chi connectivity index (χ3v) is 4.75. The average Bonchev–Trinajstić information content (AvgIpc) is 2.89. The van der Waals surface area contributed by atoms with Crippen LogP contribution in [0.2, 0.25) is 0 Å². The summed E-state index contributed by atoms with van der Waals surface area (Å²) in [6.07, 6.45) is 1.91. The van der Waals surface area contributed by atoms with Gasteiger partial charge in [-0.3, -0.25) is 14.6 Å². The fourth-order valence-corrected chi connectivity index (χ4v) is 3.47. The summed E-state index contributed by atoms with van der Waals surface area (Å²) in [7, 11) is 0. The minimum atomic E-state index is -0.299. The molecule has 0 radical (unpaired) electrons. The van der Waals surface area contributed by atoms with E-state index in [1.54, 1.807) is 11.1 Å². The van der Waals surface area contributed by atoms with Crippen molar-refractivity contribution in [3.05, 3.63) is 78.1 Å². The van der Waals surface area contributed by atoms with E-state index in [-0.39, 0.29) is 24.3 Å². The molecule has 1 N–H and O–H groups in total. The third kappa shape index (κ3) is 3.04. The molecule has 1 aliphatic rings. The summed E-state index contributed by atoms with van der Waals surface area (Å²) in [6.45, 7) is 0.897. The Labute approximate surface area is 151 Å². The minimum absolute atomic E-state index is 0.0416. The number of rotatable bonds is 2. The lowest BCUT2D eigenvalue weighted by Gasteiger charge is -2.29. The van der Waals surface area contributed by atoms with Crippen LogP contribution in [-0.2, 0) is 4.79 Å². The van der Waals surface area contributed by atoms with Gasteiger partial charge in [-0.05, 0) is 17.0 Å². The van der Waals surface area contributed by atoms with E-state index >= 15 is 0 Å². The first-order valence-electron chi connectivity index (χ1n) is 8.70. The first-order chi connectivity index (χ1) is 12.7. The van der Waals surface area contributed by atoms with Crippen molar-refractivity contribution >= 4 is 22.6 Å². The maximum absolute atomic E-state index is 13.4. The van der Waals surface area contributed by atoms with Gasteiger partial charge in [-0.2, -0.15) is 0 Å². The maximum atomic E-state index is 13.4. The summed E-state index contributed by atoms with van der Waals surface area (Å²) in [6, 6.07) is 19.0. The van der Waals surface area contributed by atoms with E-state index < -0.39 is 0 Å². The van der Waals surface area contributed by atoms with Crippen molar-refractivity contribution in [1.29, 1.82) is 0 Å². The van der Waals surface area contributed by atoms with Crippen molar-refractivity contribution in [2.45, 2.75) is 12.5 Å². The standard InChI is InChI=1S/C21H19N3O2/c25-19-14-18(16-7-2-1-3-8-16)24(13-12-22-19)21(26)20-17-9-5-4-6-15(17)10-11-23-20/h1-11,18H,12-14H2,(H,22,25). The van der Waals surface area contributed by atoms with Gasteiger partial charge >= 0.3 is 0 Å². The highest BCUT2D eigenvalue weighted by atomic mass is 16.2. The smallest absolute Gasteiger partial charge is 0.273 e. The highest BCUT2D eigenvalue weighted by Gasteiger charge is 2.31. The molecule has 2 amide bonds. The number of benzene rings is 2. The Balaban J connectivity index is 1.77. The second-order valence-corrected chi connectivity index (χ2v) is 6.36. The van der Waals surface area contributed by atoms with Crippen LogP contribution in [0.1, 0.15) is 28.5 Å². The lowest BCUT2D eigenvalue weighted by atomic mass is 10.0. The van der Waals surface area contributed by atoms with E-state index in [0.717, 1.165) is 16.3 Å². The number of nitrogens with one attached hydrogen (secondary N) is 1. The predicted octanol–water partition coefficient (Wildman–Crippen LogP) is 2.94. The number of nitrogens with zero attached hydrogens (tertiary/aromatic N) is 2. The van der Waals surface area contributed by atoms with Gasteiger partial charge in [0.15, 0.2) is 0 Å². The van der Waals surface area contributed by atoms with Gasteiger partial charge in [-0.15, -0.1) is 0 Å². The molecule has 3 aromatic rings. The molecule has 5 heteroatoms. The number of amides is 2. The van der Waals surface area contributed by atoms with Crippen LogP contribution in [0, 0.1) is 0 Å². The molecule has 5 nitrogen and oxygen atoms in total. The molecule has 4 rings (SSSR count). The van der Waals surface area contributed by atoms with Gasteiger partial charge < -0.3 is 10.2 Å². The largest absolute Gasteiger partial charge is 0.354 e. The van der Waals surface area contributed by atoms with Crippen LogP contribution in [0.15, 0.2) is 66.9 Å². The van der Waals surface area contributed by atoms with Crippen molar-refractivity contribution < 1.29 is 9.59 Å². The summed E-state index contributed by atoms with van der Waals surface area (Å²) in [5.74, 6) is -0.188. The second-order valence-electron chi connectivity index (χ2n) is 6.36. The van der Waals surface area contributed by atoms with Crippen molar-refractivity contribution in [3.8, 4) is 0 Å². The maximum Gasteiger partial charge on any atom is 0.273 e. The van der Waals surface area contributed by atoms with Gasteiger partial charge in [-0.25, -0.2) is 0 Å². The summed E-state index contributed by atoms with van der Waals surface area (Å²) in [5.41, 5.74) is 1.39. The zero-order valence-electron chi connectivity index (χ0n) is 14.3. The Morgan fingerprint density at radius 3 is 2.65 bits per heavy atom. The molecular weight excluding hydrogens is 326 g/mol. The Morgan fingerprint density at radius 1 is 1.04 bits per heavy atom. The summed E-state index contributed by atoms with van der Waals surface area (Å²) in [4.78, 5) is 31.6. The fraction of sp³-hybridized carbons (Fsp3) is 0.190. The molecule has 0 bridgehead atoms. The first-order valence-corrected chi connectivity index (χ1v) is 8.70. The van der Waals surface area contributed by atoms with E-state index in [1.165, 1.54) is 0 Å². The van der Waals surface area contributed by atoms with Crippen LogP contribution >= 0.6 is 0 Å². The molecule has 26 heavy (non-hydrogen) atoms. The monoisotopic (exact) mass is 345 g/mol. The number of carbonyl (C=O) groups is 2. The van der Waals surface area contributed by atoms with Gasteiger partial charge in [0.2, 0.25) is 5.91 Å². The van der Waals surface area contributed by atoms with Gasteiger partial charge in [-0.1, -0.05) is 54.6 Å². The molecule has 1 atom stereocenters. The van der Waals surface area contributed by atoms with Crippen molar-refractivity contribution in [3.63, 3.8) is 0 Å². The zero-order valence-corrected chi connectivity index (χ0v) is 14.3. The van der Waals surface area contributed by atoms with Crippen LogP contribution < -0.4 is 5.32 Å². The molecular formula is C21H19N3O2. The predicted molar refractivity (Wildman–Crippen MR) is 99.6 cm³/mol. The first kappa shape index (κ1) is 16.3. The number of fused-ring (bicyclic) bond motifs is 1. The summed E-state index contributed by atoms with van der Waals surface area (Å²) < 4.78 is 0.